The summed E-state index contributed by atoms with van der Waals surface area (Å²) in [5.41, 5.74) is 0.351. The molecule has 1 atom stereocenters. The summed E-state index contributed by atoms with van der Waals surface area (Å²) in [6, 6.07) is -0.171. The van der Waals surface area contributed by atoms with Crippen LogP contribution in [0.25, 0.3) is 0 Å². The molecule has 0 aliphatic carbocycles. The van der Waals surface area contributed by atoms with Gasteiger partial charge in [-0.2, -0.15) is 4.31 Å². The number of furan rings is 1. The number of hydrogen-bond donors (Lipinski definition) is 1. The van der Waals surface area contributed by atoms with Crippen molar-refractivity contribution in [3.05, 3.63) is 17.1 Å². The second-order valence-electron chi connectivity index (χ2n) is 4.93. The average molecular weight is 303 g/mol. The number of nitrogens with zero attached hydrogens (tertiary/aromatic N) is 1. The Balaban J connectivity index is 2.49. The molecule has 0 amide bonds. The second kappa shape index (κ2) is 5.85. The first-order valence-corrected chi connectivity index (χ1v) is 8.16. The van der Waals surface area contributed by atoms with Gasteiger partial charge in [0.1, 0.15) is 16.4 Å². The van der Waals surface area contributed by atoms with Crippen LogP contribution in [-0.4, -0.2) is 43.6 Å². The third-order valence-corrected chi connectivity index (χ3v) is 5.84. The highest BCUT2D eigenvalue weighted by Crippen LogP contribution is 2.31. The Kier molecular flexibility index (Phi) is 4.53. The maximum Gasteiger partial charge on any atom is 0.247 e. The first-order valence-electron chi connectivity index (χ1n) is 6.72. The molecular weight excluding hydrogens is 282 g/mol. The van der Waals surface area contributed by atoms with E-state index < -0.39 is 10.0 Å². The fraction of sp³-hybridized carbons (Fsp3) is 0.692. The van der Waals surface area contributed by atoms with Gasteiger partial charge < -0.3 is 14.3 Å². The van der Waals surface area contributed by atoms with Crippen LogP contribution in [0.5, 0.6) is 0 Å². The minimum Gasteiger partial charge on any atom is -0.465 e. The van der Waals surface area contributed by atoms with Crippen molar-refractivity contribution in [3.8, 4) is 0 Å². The van der Waals surface area contributed by atoms with E-state index in [4.69, 9.17) is 9.15 Å². The van der Waals surface area contributed by atoms with Crippen molar-refractivity contribution in [3.63, 3.8) is 0 Å². The Labute approximate surface area is 119 Å². The van der Waals surface area contributed by atoms with Crippen molar-refractivity contribution in [2.75, 3.05) is 19.8 Å². The van der Waals surface area contributed by atoms with E-state index in [1.807, 2.05) is 6.92 Å². The van der Waals surface area contributed by atoms with Crippen molar-refractivity contribution in [2.45, 2.75) is 44.7 Å². The SMILES string of the molecule is CCC1COCCN1S(=O)(=O)c1c(C)oc(C)c1CO. The van der Waals surface area contributed by atoms with E-state index in [-0.39, 0.29) is 17.5 Å². The first-order chi connectivity index (χ1) is 9.43. The third kappa shape index (κ3) is 2.50. The van der Waals surface area contributed by atoms with E-state index in [2.05, 4.69) is 0 Å². The van der Waals surface area contributed by atoms with Crippen LogP contribution in [0.15, 0.2) is 9.31 Å². The van der Waals surface area contributed by atoms with E-state index in [1.54, 1.807) is 13.8 Å². The van der Waals surface area contributed by atoms with Gasteiger partial charge in [0, 0.05) is 18.2 Å². The third-order valence-electron chi connectivity index (χ3n) is 3.69. The number of hydrogen-bond acceptors (Lipinski definition) is 5. The Bertz CT molecular complexity index is 578. The predicted molar refractivity (Wildman–Crippen MR) is 72.9 cm³/mol. The second-order valence-corrected chi connectivity index (χ2v) is 6.76. The summed E-state index contributed by atoms with van der Waals surface area (Å²) < 4.78 is 37.9. The standard InChI is InChI=1S/C13H21NO5S/c1-4-11-8-18-6-5-14(11)20(16,17)13-10(3)19-9(2)12(13)7-15/h11,15H,4-8H2,1-3H3. The van der Waals surface area contributed by atoms with Gasteiger partial charge in [-0.1, -0.05) is 6.92 Å². The Morgan fingerprint density at radius 1 is 1.35 bits per heavy atom. The number of rotatable bonds is 4. The van der Waals surface area contributed by atoms with E-state index in [9.17, 15) is 13.5 Å². The Morgan fingerprint density at radius 2 is 2.05 bits per heavy atom. The van der Waals surface area contributed by atoms with Gasteiger partial charge >= 0.3 is 0 Å². The predicted octanol–water partition coefficient (Wildman–Crippen LogP) is 1.19. The fourth-order valence-corrected chi connectivity index (χ4v) is 4.70. The summed E-state index contributed by atoms with van der Waals surface area (Å²) in [6.45, 7) is 5.98. The van der Waals surface area contributed by atoms with E-state index >= 15 is 0 Å². The molecule has 1 aliphatic rings. The van der Waals surface area contributed by atoms with Crippen molar-refractivity contribution in [1.29, 1.82) is 0 Å². The van der Waals surface area contributed by atoms with Gasteiger partial charge in [0.15, 0.2) is 0 Å². The number of aliphatic hydroxyl groups excluding tert-OH is 1. The molecule has 20 heavy (non-hydrogen) atoms. The highest BCUT2D eigenvalue weighted by molar-refractivity contribution is 7.89. The van der Waals surface area contributed by atoms with Crippen LogP contribution in [0, 0.1) is 13.8 Å². The molecule has 0 radical (unpaired) electrons. The zero-order chi connectivity index (χ0) is 14.9. The van der Waals surface area contributed by atoms with Crippen LogP contribution >= 0.6 is 0 Å². The normalized spacial score (nSPS) is 21.3. The van der Waals surface area contributed by atoms with Gasteiger partial charge in [-0.25, -0.2) is 8.42 Å². The Morgan fingerprint density at radius 3 is 2.65 bits per heavy atom. The zero-order valence-corrected chi connectivity index (χ0v) is 12.9. The molecule has 1 N–H and O–H groups in total. The molecule has 2 rings (SSSR count). The Hall–Kier alpha value is -0.890. The molecule has 1 unspecified atom stereocenters. The van der Waals surface area contributed by atoms with E-state index in [1.165, 1.54) is 4.31 Å². The fourth-order valence-electron chi connectivity index (χ4n) is 2.63. The number of morpholine rings is 1. The van der Waals surface area contributed by atoms with Gasteiger partial charge in [-0.15, -0.1) is 0 Å². The molecule has 7 heteroatoms. The summed E-state index contributed by atoms with van der Waals surface area (Å²) >= 11 is 0. The molecule has 1 saturated heterocycles. The highest BCUT2D eigenvalue weighted by atomic mass is 32.2. The van der Waals surface area contributed by atoms with Gasteiger partial charge in [0.25, 0.3) is 0 Å². The lowest BCUT2D eigenvalue weighted by molar-refractivity contribution is 0.0313. The highest BCUT2D eigenvalue weighted by Gasteiger charge is 2.37. The molecule has 6 nitrogen and oxygen atoms in total. The minimum absolute atomic E-state index is 0.109. The summed E-state index contributed by atoms with van der Waals surface area (Å²) in [7, 11) is -3.68. The van der Waals surface area contributed by atoms with Gasteiger partial charge in [0.2, 0.25) is 10.0 Å². The molecule has 114 valence electrons. The van der Waals surface area contributed by atoms with Crippen LogP contribution in [-0.2, 0) is 21.4 Å². The molecule has 0 saturated carbocycles. The number of aliphatic hydroxyl groups is 1. The molecule has 1 aromatic rings. The van der Waals surface area contributed by atoms with Gasteiger partial charge in [0.05, 0.1) is 19.8 Å². The number of sulfonamides is 1. The molecule has 0 aromatic carbocycles. The lowest BCUT2D eigenvalue weighted by Gasteiger charge is -2.34. The quantitative estimate of drug-likeness (QED) is 0.903. The van der Waals surface area contributed by atoms with Gasteiger partial charge in [-0.3, -0.25) is 0 Å². The van der Waals surface area contributed by atoms with Crippen LogP contribution in [0.4, 0.5) is 0 Å². The zero-order valence-electron chi connectivity index (χ0n) is 12.0. The van der Waals surface area contributed by atoms with Crippen molar-refractivity contribution in [1.82, 2.24) is 4.31 Å². The monoisotopic (exact) mass is 303 g/mol. The van der Waals surface area contributed by atoms with Gasteiger partial charge in [-0.05, 0) is 20.3 Å². The first kappa shape index (κ1) is 15.5. The van der Waals surface area contributed by atoms with Crippen LogP contribution in [0.2, 0.25) is 0 Å². The summed E-state index contributed by atoms with van der Waals surface area (Å²) in [5, 5.41) is 9.43. The van der Waals surface area contributed by atoms with Crippen LogP contribution < -0.4 is 0 Å². The molecular formula is C13H21NO5S. The number of ether oxygens (including phenoxy) is 1. The molecule has 1 aliphatic heterocycles. The largest absolute Gasteiger partial charge is 0.465 e. The van der Waals surface area contributed by atoms with Crippen molar-refractivity contribution < 1.29 is 22.7 Å². The topological polar surface area (TPSA) is 80.0 Å². The molecule has 0 bridgehead atoms. The van der Waals surface area contributed by atoms with Crippen molar-refractivity contribution in [2.24, 2.45) is 0 Å². The smallest absolute Gasteiger partial charge is 0.247 e. The summed E-state index contributed by atoms with van der Waals surface area (Å²) in [5.74, 6) is 0.776. The summed E-state index contributed by atoms with van der Waals surface area (Å²) in [6.07, 6.45) is 0.684. The summed E-state index contributed by atoms with van der Waals surface area (Å²) in [4.78, 5) is 0.109. The van der Waals surface area contributed by atoms with E-state index in [0.29, 0.717) is 43.3 Å². The van der Waals surface area contributed by atoms with Crippen LogP contribution in [0.3, 0.4) is 0 Å². The lowest BCUT2D eigenvalue weighted by Crippen LogP contribution is -2.48. The van der Waals surface area contributed by atoms with Crippen molar-refractivity contribution >= 4 is 10.0 Å². The molecule has 0 spiro atoms. The maximum absolute atomic E-state index is 12.9. The minimum atomic E-state index is -3.68. The molecule has 1 aromatic heterocycles. The number of aryl methyl sites for hydroxylation is 2. The average Bonchev–Trinajstić information content (AvgIpc) is 2.73. The maximum atomic E-state index is 12.9. The lowest BCUT2D eigenvalue weighted by atomic mass is 10.2. The molecule has 1 fully saturated rings. The van der Waals surface area contributed by atoms with Crippen LogP contribution in [0.1, 0.15) is 30.4 Å². The molecule has 2 heterocycles. The van der Waals surface area contributed by atoms with E-state index in [0.717, 1.165) is 0 Å².